The van der Waals surface area contributed by atoms with E-state index in [9.17, 15) is 85.3 Å². The molecule has 30 atom stereocenters. The second-order valence-electron chi connectivity index (χ2n) is 26.0. The lowest BCUT2D eigenvalue weighted by Crippen LogP contribution is -2.72. The summed E-state index contributed by atoms with van der Waals surface area (Å²) in [6.07, 6.45) is -30.0. The van der Waals surface area contributed by atoms with Crippen LogP contribution in [0.15, 0.2) is 24.3 Å². The SMILES string of the molecule is CCCCCCCCCCCOc1cccc(C(=O)N[C@@H]2C(O[C@H]3C(O)C(NC(C)=O)C(OC4C(CO)O[C@@H](O[C@H]5C(O)C(NC(C)=O)C(OC6C(CO[C@@H]7OC(C)C(O)[C@H](C)[C@H]7OC)OC(O)[C@@H](NC(C)=O)[C@H]6O)O[C@H]5CO)[C@@H](NC(C)=O)[C@H]4O)O[C@H]3CO)OC(CO)[C@@H](O)[C@@H]2O)c1. The van der Waals surface area contributed by atoms with E-state index in [4.69, 9.17) is 61.6 Å². The number of ether oxygens (including phenoxy) is 13. The fourth-order valence-electron chi connectivity index (χ4n) is 13.3. The van der Waals surface area contributed by atoms with Gasteiger partial charge in [0.2, 0.25) is 23.6 Å². The molecule has 0 aromatic heterocycles. The van der Waals surface area contributed by atoms with Gasteiger partial charge in [0.15, 0.2) is 37.7 Å². The highest BCUT2D eigenvalue weighted by molar-refractivity contribution is 5.94. The van der Waals surface area contributed by atoms with E-state index >= 15 is 0 Å². The summed E-state index contributed by atoms with van der Waals surface area (Å²) < 4.78 is 78.8. The first-order valence-corrected chi connectivity index (χ1v) is 33.9. The number of carbonyl (C=O) groups is 5. The van der Waals surface area contributed by atoms with E-state index in [1.165, 1.54) is 51.3 Å². The summed E-state index contributed by atoms with van der Waals surface area (Å²) in [5.74, 6) is -4.05. The number of carbonyl (C=O) groups excluding carboxylic acids is 5. The maximum absolute atomic E-state index is 14.0. The molecule has 6 aliphatic heterocycles. The van der Waals surface area contributed by atoms with Crippen LogP contribution in [0, 0.1) is 5.92 Å². The van der Waals surface area contributed by atoms with E-state index in [-0.39, 0.29) is 5.56 Å². The quantitative estimate of drug-likeness (QED) is 0.0293. The number of unbranched alkanes of at least 4 members (excludes halogenated alkanes) is 8. The molecule has 35 heteroatoms. The van der Waals surface area contributed by atoms with E-state index in [0.29, 0.717) is 12.4 Å². The van der Waals surface area contributed by atoms with Gasteiger partial charge in [-0.05, 0) is 31.5 Å². The van der Waals surface area contributed by atoms with Crippen LogP contribution in [0.5, 0.6) is 5.75 Å². The number of amides is 5. The van der Waals surface area contributed by atoms with Crippen molar-refractivity contribution in [3.8, 4) is 5.75 Å². The highest BCUT2D eigenvalue weighted by Crippen LogP contribution is 2.37. The molecule has 566 valence electrons. The molecule has 1 aromatic rings. The second kappa shape index (κ2) is 38.8. The minimum atomic E-state index is -2.05. The van der Waals surface area contributed by atoms with Crippen LogP contribution in [0.2, 0.25) is 0 Å². The number of methoxy groups -OCH3 is 1. The minimum Gasteiger partial charge on any atom is -0.494 e. The van der Waals surface area contributed by atoms with Gasteiger partial charge in [0.25, 0.3) is 5.91 Å². The molecule has 6 heterocycles. The highest BCUT2D eigenvalue weighted by Gasteiger charge is 2.58. The zero-order valence-corrected chi connectivity index (χ0v) is 57.0. The topological polar surface area (TPSA) is 508 Å². The van der Waals surface area contributed by atoms with E-state index in [1.807, 2.05) is 0 Å². The maximum atomic E-state index is 14.0. The monoisotopic (exact) mass is 1420 g/mol. The van der Waals surface area contributed by atoms with Crippen LogP contribution >= 0.6 is 0 Å². The predicted octanol–water partition coefficient (Wildman–Crippen LogP) is -5.22. The number of aliphatic hydroxyl groups is 12. The molecule has 17 N–H and O–H groups in total. The molecular weight excluding hydrogens is 1320 g/mol. The van der Waals surface area contributed by atoms with Gasteiger partial charge in [0.1, 0.15) is 134 Å². The van der Waals surface area contributed by atoms with Crippen molar-refractivity contribution in [2.24, 2.45) is 5.92 Å². The van der Waals surface area contributed by atoms with Crippen molar-refractivity contribution < 1.29 is 147 Å². The number of nitrogens with one attached hydrogen (secondary N) is 5. The Labute approximate surface area is 573 Å². The Kier molecular flexibility index (Phi) is 32.0. The molecule has 0 bridgehead atoms. The van der Waals surface area contributed by atoms with Gasteiger partial charge in [-0.2, -0.15) is 0 Å². The van der Waals surface area contributed by atoms with Gasteiger partial charge in [-0.25, -0.2) is 0 Å². The fourth-order valence-corrected chi connectivity index (χ4v) is 13.3. The van der Waals surface area contributed by atoms with Crippen LogP contribution in [0.3, 0.4) is 0 Å². The molecule has 0 aliphatic carbocycles. The van der Waals surface area contributed by atoms with Crippen molar-refractivity contribution in [2.45, 2.75) is 284 Å². The van der Waals surface area contributed by atoms with Crippen molar-refractivity contribution >= 4 is 29.5 Å². The summed E-state index contributed by atoms with van der Waals surface area (Å²) in [6.45, 7) is 5.71. The number of aliphatic hydroxyl groups excluding tert-OH is 12. The molecule has 5 amide bonds. The summed E-state index contributed by atoms with van der Waals surface area (Å²) in [4.78, 5) is 65.2. The lowest BCUT2D eigenvalue weighted by atomic mass is 9.91. The van der Waals surface area contributed by atoms with Crippen LogP contribution < -0.4 is 31.3 Å². The molecule has 15 unspecified atom stereocenters. The normalized spacial score (nSPS) is 39.5. The molecule has 35 nitrogen and oxygen atoms in total. The van der Waals surface area contributed by atoms with Crippen molar-refractivity contribution in [3.05, 3.63) is 29.8 Å². The van der Waals surface area contributed by atoms with Crippen LogP contribution in [0.4, 0.5) is 0 Å². The molecule has 6 fully saturated rings. The summed E-state index contributed by atoms with van der Waals surface area (Å²) in [5.41, 5.74) is 0.0669. The van der Waals surface area contributed by atoms with Gasteiger partial charge in [0.05, 0.1) is 51.8 Å². The van der Waals surface area contributed by atoms with Gasteiger partial charge in [-0.1, -0.05) is 71.3 Å². The average Bonchev–Trinajstić information content (AvgIpc) is 0.771. The first-order chi connectivity index (χ1) is 47.2. The third-order valence-corrected chi connectivity index (χ3v) is 18.5. The third-order valence-electron chi connectivity index (χ3n) is 18.5. The Morgan fingerprint density at radius 2 is 0.848 bits per heavy atom. The van der Waals surface area contributed by atoms with Gasteiger partial charge in [-0.3, -0.25) is 24.0 Å². The zero-order chi connectivity index (χ0) is 72.5. The van der Waals surface area contributed by atoms with Crippen LogP contribution in [-0.4, -0.2) is 315 Å². The first kappa shape index (κ1) is 81.7. The molecule has 1 aromatic carbocycles. The summed E-state index contributed by atoms with van der Waals surface area (Å²) in [5, 5.41) is 148. The fraction of sp³-hybridized carbons (Fsp3) is 0.828. The minimum absolute atomic E-state index is 0.0669. The molecule has 0 radical (unpaired) electrons. The summed E-state index contributed by atoms with van der Waals surface area (Å²) in [7, 11) is 1.37. The van der Waals surface area contributed by atoms with E-state index in [2.05, 4.69) is 33.5 Å². The molecule has 0 spiro atoms. The predicted molar refractivity (Wildman–Crippen MR) is 336 cm³/mol. The molecule has 6 saturated heterocycles. The second-order valence-corrected chi connectivity index (χ2v) is 26.0. The first-order valence-electron chi connectivity index (χ1n) is 33.9. The molecule has 0 saturated carbocycles. The van der Waals surface area contributed by atoms with Crippen LogP contribution in [0.25, 0.3) is 0 Å². The van der Waals surface area contributed by atoms with Gasteiger partial charge >= 0.3 is 0 Å². The lowest BCUT2D eigenvalue weighted by Gasteiger charge is -2.51. The summed E-state index contributed by atoms with van der Waals surface area (Å²) in [6, 6.07) is -2.25. The Balaban J connectivity index is 1.07. The largest absolute Gasteiger partial charge is 0.494 e. The Bertz CT molecular complexity index is 2680. The van der Waals surface area contributed by atoms with E-state index in [1.54, 1.807) is 26.0 Å². The van der Waals surface area contributed by atoms with Crippen LogP contribution in [0.1, 0.15) is 117 Å². The lowest BCUT2D eigenvalue weighted by molar-refractivity contribution is -0.368. The third kappa shape index (κ3) is 21.1. The molecule has 7 rings (SSSR count). The zero-order valence-electron chi connectivity index (χ0n) is 57.0. The number of benzene rings is 1. The molecule has 6 aliphatic rings. The smallest absolute Gasteiger partial charge is 0.251 e. The Hall–Kier alpha value is -4.59. The standard InChI is InChI=1S/C64H105N5O30/c1-9-10-11-12-13-14-15-16-17-21-88-35-20-18-19-34(22-35)58(85)69-42-48(80)47(79)36(23-70)92-60(42)96-54-37(24-71)93-61(43(50(54)82)66-31(5)75)97-55-38(25-72)94-62(44(51(55)83)67-32(6)76)98-56-39(26-73)95-63(45(52(56)84)68-33(7)77)99-57-40(91-59(86)41(49(57)81)65-30(4)74)27-89-64-53(87-8)28(2)46(78)29(3)90-64/h18-20,22,28-29,36-57,59-64,70-73,78-84,86H,9-17,21,23-27H2,1-8H3,(H,65,74)(H,66,75)(H,67,76)(H,68,77)(H,69,85)/t28-,29?,36?,37-,38?,39-,40?,41-,42-,43?,44-,45?,46?,47+,48+,49+,50?,51+,52?,53+,54+,55?,56+,57?,59?,60?,61?,62-,63?,64+/m0/s1. The van der Waals surface area contributed by atoms with Crippen molar-refractivity contribution in [3.63, 3.8) is 0 Å². The maximum Gasteiger partial charge on any atom is 0.251 e. The van der Waals surface area contributed by atoms with E-state index < -0.39 is 246 Å². The van der Waals surface area contributed by atoms with E-state index in [0.717, 1.165) is 53.4 Å². The Morgan fingerprint density at radius 3 is 1.28 bits per heavy atom. The average molecular weight is 1420 g/mol. The summed E-state index contributed by atoms with van der Waals surface area (Å²) >= 11 is 0. The number of rotatable bonds is 33. The number of hydrogen-bond acceptors (Lipinski definition) is 30. The van der Waals surface area contributed by atoms with Crippen LogP contribution in [-0.2, 0) is 76.0 Å². The molecular formula is C64H105N5O30. The van der Waals surface area contributed by atoms with Crippen molar-refractivity contribution in [2.75, 3.05) is 46.8 Å². The highest BCUT2D eigenvalue weighted by atomic mass is 16.8. The Morgan fingerprint density at radius 1 is 0.444 bits per heavy atom. The van der Waals surface area contributed by atoms with Crippen molar-refractivity contribution in [1.29, 1.82) is 0 Å². The number of hydrogen-bond donors (Lipinski definition) is 17. The van der Waals surface area contributed by atoms with Gasteiger partial charge < -0.3 is 149 Å². The van der Waals surface area contributed by atoms with Gasteiger partial charge in [0, 0.05) is 46.3 Å². The van der Waals surface area contributed by atoms with Crippen molar-refractivity contribution in [1.82, 2.24) is 26.6 Å². The molecule has 99 heavy (non-hydrogen) atoms. The van der Waals surface area contributed by atoms with Gasteiger partial charge in [-0.15, -0.1) is 0 Å².